The monoisotopic (exact) mass is 456 g/mol. The second-order valence-electron chi connectivity index (χ2n) is 8.89. The molecule has 4 aromatic rings. The molecule has 7 rings (SSSR count). The second-order valence-corrected chi connectivity index (χ2v) is 8.89. The summed E-state index contributed by atoms with van der Waals surface area (Å²) < 4.78 is 19.7. The molecule has 3 aromatic heterocycles. The molecule has 0 aliphatic carbocycles. The zero-order chi connectivity index (χ0) is 22.5. The number of aromatic nitrogens is 5. The van der Waals surface area contributed by atoms with Crippen LogP contribution in [-0.2, 0) is 21.6 Å². The van der Waals surface area contributed by atoms with Crippen molar-refractivity contribution in [2.45, 2.75) is 18.6 Å². The molecular formula is C25H24N6O3. The predicted molar refractivity (Wildman–Crippen MR) is 125 cm³/mol. The van der Waals surface area contributed by atoms with Gasteiger partial charge < -0.3 is 19.1 Å². The number of benzene rings is 1. The maximum atomic E-state index is 6.06. The van der Waals surface area contributed by atoms with E-state index in [0.717, 1.165) is 65.0 Å². The molecule has 9 heteroatoms. The van der Waals surface area contributed by atoms with Crippen molar-refractivity contribution in [3.8, 4) is 17.0 Å². The van der Waals surface area contributed by atoms with Crippen LogP contribution in [0.4, 0.5) is 5.95 Å². The van der Waals surface area contributed by atoms with Gasteiger partial charge in [-0.3, -0.25) is 4.57 Å². The van der Waals surface area contributed by atoms with Crippen molar-refractivity contribution < 1.29 is 14.2 Å². The zero-order valence-corrected chi connectivity index (χ0v) is 18.7. The Bertz CT molecular complexity index is 1360. The first-order valence-electron chi connectivity index (χ1n) is 11.7. The highest BCUT2D eigenvalue weighted by Crippen LogP contribution is 2.44. The lowest BCUT2D eigenvalue weighted by Gasteiger charge is -2.43. The normalized spacial score (nSPS) is 21.8. The van der Waals surface area contributed by atoms with Crippen LogP contribution in [0.15, 0.2) is 48.8 Å². The Morgan fingerprint density at radius 2 is 1.74 bits per heavy atom. The van der Waals surface area contributed by atoms with Gasteiger partial charge in [0.2, 0.25) is 5.95 Å². The van der Waals surface area contributed by atoms with E-state index in [1.54, 1.807) is 0 Å². The van der Waals surface area contributed by atoms with Crippen molar-refractivity contribution in [2.24, 2.45) is 0 Å². The highest BCUT2D eigenvalue weighted by molar-refractivity contribution is 5.77. The molecule has 0 saturated carbocycles. The minimum absolute atomic E-state index is 0.389. The number of hydrogen-bond acceptors (Lipinski definition) is 8. The molecular weight excluding hydrogens is 432 g/mol. The van der Waals surface area contributed by atoms with Crippen LogP contribution in [0.5, 0.6) is 5.75 Å². The van der Waals surface area contributed by atoms with Crippen LogP contribution in [0.25, 0.3) is 22.4 Å². The van der Waals surface area contributed by atoms with Gasteiger partial charge in [0.05, 0.1) is 32.1 Å². The largest absolute Gasteiger partial charge is 0.493 e. The molecule has 1 fully saturated rings. The van der Waals surface area contributed by atoms with E-state index in [4.69, 9.17) is 24.2 Å². The third kappa shape index (κ3) is 3.00. The third-order valence-electron chi connectivity index (χ3n) is 6.96. The predicted octanol–water partition coefficient (Wildman–Crippen LogP) is 2.78. The number of fused-ring (bicyclic) bond motifs is 6. The summed E-state index contributed by atoms with van der Waals surface area (Å²) in [7, 11) is 0. The molecule has 6 heterocycles. The maximum Gasteiger partial charge on any atom is 0.225 e. The van der Waals surface area contributed by atoms with E-state index >= 15 is 0 Å². The molecule has 1 aromatic carbocycles. The summed E-state index contributed by atoms with van der Waals surface area (Å²) in [4.78, 5) is 21.3. The van der Waals surface area contributed by atoms with Crippen molar-refractivity contribution in [3.63, 3.8) is 0 Å². The van der Waals surface area contributed by atoms with Crippen molar-refractivity contribution in [2.75, 3.05) is 44.4 Å². The summed E-state index contributed by atoms with van der Waals surface area (Å²) >= 11 is 0. The SMILES string of the molecule is c1ccc2c(c1)OCCC21COCc2nc3ccc(-c4cnc(N5CCOCC5)nc4)nc3n21. The molecule has 3 aliphatic heterocycles. The standard InChI is InChI=1S/C25H24N6O3/c1-2-4-21-18(3-1)25(7-10-34-21)16-33-15-22-28-20-6-5-19(29-23(20)31(22)25)17-13-26-24(27-14-17)30-8-11-32-12-9-30/h1-6,13-14H,7-12,15-16H2. The summed E-state index contributed by atoms with van der Waals surface area (Å²) in [6, 6.07) is 12.2. The van der Waals surface area contributed by atoms with Crippen LogP contribution in [0.3, 0.4) is 0 Å². The Hall–Kier alpha value is -3.56. The van der Waals surface area contributed by atoms with Gasteiger partial charge in [-0.25, -0.2) is 19.9 Å². The number of anilines is 1. The zero-order valence-electron chi connectivity index (χ0n) is 18.7. The molecule has 34 heavy (non-hydrogen) atoms. The minimum atomic E-state index is -0.389. The van der Waals surface area contributed by atoms with Gasteiger partial charge in [0.25, 0.3) is 0 Å². The lowest BCUT2D eigenvalue weighted by Crippen LogP contribution is -2.47. The lowest BCUT2D eigenvalue weighted by atomic mass is 9.84. The molecule has 1 unspecified atom stereocenters. The van der Waals surface area contributed by atoms with Crippen LogP contribution in [-0.4, -0.2) is 64.0 Å². The molecule has 9 nitrogen and oxygen atoms in total. The van der Waals surface area contributed by atoms with Crippen LogP contribution in [0.1, 0.15) is 17.8 Å². The van der Waals surface area contributed by atoms with Gasteiger partial charge >= 0.3 is 0 Å². The average molecular weight is 457 g/mol. The first-order valence-corrected chi connectivity index (χ1v) is 11.7. The van der Waals surface area contributed by atoms with Crippen molar-refractivity contribution in [1.82, 2.24) is 24.5 Å². The van der Waals surface area contributed by atoms with E-state index in [2.05, 4.69) is 31.6 Å². The number of pyridine rings is 1. The number of para-hydroxylation sites is 1. The fourth-order valence-corrected chi connectivity index (χ4v) is 5.29. The van der Waals surface area contributed by atoms with E-state index < -0.39 is 0 Å². The lowest BCUT2D eigenvalue weighted by molar-refractivity contribution is 0.00399. The van der Waals surface area contributed by atoms with Crippen molar-refractivity contribution in [1.29, 1.82) is 0 Å². The van der Waals surface area contributed by atoms with E-state index in [1.165, 1.54) is 0 Å². The molecule has 1 saturated heterocycles. The summed E-state index contributed by atoms with van der Waals surface area (Å²) in [5.41, 5.74) is 4.14. The first-order chi connectivity index (χ1) is 16.8. The molecule has 172 valence electrons. The number of morpholine rings is 1. The quantitative estimate of drug-likeness (QED) is 0.455. The summed E-state index contributed by atoms with van der Waals surface area (Å²) in [5.74, 6) is 2.52. The van der Waals surface area contributed by atoms with Crippen LogP contribution < -0.4 is 9.64 Å². The van der Waals surface area contributed by atoms with Gasteiger partial charge in [-0.1, -0.05) is 18.2 Å². The Balaban J connectivity index is 1.33. The molecule has 1 atom stereocenters. The third-order valence-corrected chi connectivity index (χ3v) is 6.96. The molecule has 0 bridgehead atoms. The van der Waals surface area contributed by atoms with E-state index in [0.29, 0.717) is 33.0 Å². The first kappa shape index (κ1) is 19.9. The van der Waals surface area contributed by atoms with Crippen molar-refractivity contribution in [3.05, 3.63) is 60.2 Å². The second kappa shape index (κ2) is 7.75. The smallest absolute Gasteiger partial charge is 0.225 e. The number of rotatable bonds is 2. The van der Waals surface area contributed by atoms with Crippen LogP contribution >= 0.6 is 0 Å². The summed E-state index contributed by atoms with van der Waals surface area (Å²) in [6.07, 6.45) is 4.50. The van der Waals surface area contributed by atoms with Gasteiger partial charge in [0.15, 0.2) is 5.65 Å². The Kier molecular flexibility index (Phi) is 4.53. The molecule has 0 N–H and O–H groups in total. The molecule has 3 aliphatic rings. The maximum absolute atomic E-state index is 6.06. The Labute approximate surface area is 196 Å². The summed E-state index contributed by atoms with van der Waals surface area (Å²) in [6.45, 7) is 4.67. The fourth-order valence-electron chi connectivity index (χ4n) is 5.29. The minimum Gasteiger partial charge on any atom is -0.493 e. The van der Waals surface area contributed by atoms with Gasteiger partial charge in [0.1, 0.15) is 29.2 Å². The number of imidazole rings is 1. The van der Waals surface area contributed by atoms with E-state index in [-0.39, 0.29) is 5.54 Å². The van der Waals surface area contributed by atoms with Crippen LogP contribution in [0, 0.1) is 0 Å². The highest BCUT2D eigenvalue weighted by atomic mass is 16.5. The molecule has 0 amide bonds. The van der Waals surface area contributed by atoms with E-state index in [1.807, 2.05) is 36.7 Å². The van der Waals surface area contributed by atoms with Gasteiger partial charge in [-0.2, -0.15) is 0 Å². The highest BCUT2D eigenvalue weighted by Gasteiger charge is 2.44. The topological polar surface area (TPSA) is 87.4 Å². The van der Waals surface area contributed by atoms with Crippen molar-refractivity contribution >= 4 is 17.1 Å². The van der Waals surface area contributed by atoms with Gasteiger partial charge in [-0.05, 0) is 18.2 Å². The molecule has 1 spiro atoms. The Morgan fingerprint density at radius 1 is 0.882 bits per heavy atom. The fraction of sp³-hybridized carbons (Fsp3) is 0.360. The van der Waals surface area contributed by atoms with Crippen LogP contribution in [0.2, 0.25) is 0 Å². The molecule has 0 radical (unpaired) electrons. The number of hydrogen-bond donors (Lipinski definition) is 0. The van der Waals surface area contributed by atoms with E-state index in [9.17, 15) is 0 Å². The van der Waals surface area contributed by atoms with Gasteiger partial charge in [0, 0.05) is 43.0 Å². The van der Waals surface area contributed by atoms with Gasteiger partial charge in [-0.15, -0.1) is 0 Å². The number of nitrogens with zero attached hydrogens (tertiary/aromatic N) is 6. The Morgan fingerprint density at radius 3 is 2.62 bits per heavy atom. The summed E-state index contributed by atoms with van der Waals surface area (Å²) in [5, 5.41) is 0. The average Bonchev–Trinajstić information content (AvgIpc) is 3.29. The number of ether oxygens (including phenoxy) is 3.